The van der Waals surface area contributed by atoms with Crippen LogP contribution in [0.2, 0.25) is 0 Å². The highest BCUT2D eigenvalue weighted by Crippen LogP contribution is 2.26. The molecule has 0 amide bonds. The zero-order valence-electron chi connectivity index (χ0n) is 16.6. The van der Waals surface area contributed by atoms with Crippen molar-refractivity contribution in [1.29, 1.82) is 0 Å². The SMILES string of the molecule is CCOC[C@H](CC(=O)OCC)N(Cc1ccccc1)[C@H](C)c1ccccc1. The smallest absolute Gasteiger partial charge is 0.307 e. The van der Waals surface area contributed by atoms with Gasteiger partial charge in [0, 0.05) is 25.2 Å². The maximum atomic E-state index is 12.2. The molecule has 27 heavy (non-hydrogen) atoms. The highest BCUT2D eigenvalue weighted by atomic mass is 16.5. The monoisotopic (exact) mass is 369 g/mol. The first-order valence-corrected chi connectivity index (χ1v) is 9.73. The fourth-order valence-corrected chi connectivity index (χ4v) is 3.24. The topological polar surface area (TPSA) is 38.8 Å². The summed E-state index contributed by atoms with van der Waals surface area (Å²) in [7, 11) is 0. The average molecular weight is 370 g/mol. The lowest BCUT2D eigenvalue weighted by molar-refractivity contribution is -0.145. The Kier molecular flexibility index (Phi) is 9.02. The summed E-state index contributed by atoms with van der Waals surface area (Å²) in [4.78, 5) is 14.6. The first-order valence-electron chi connectivity index (χ1n) is 9.73. The van der Waals surface area contributed by atoms with Gasteiger partial charge in [-0.15, -0.1) is 0 Å². The quantitative estimate of drug-likeness (QED) is 0.542. The molecule has 146 valence electrons. The van der Waals surface area contributed by atoms with E-state index >= 15 is 0 Å². The van der Waals surface area contributed by atoms with E-state index in [0.29, 0.717) is 26.2 Å². The van der Waals surface area contributed by atoms with Gasteiger partial charge in [0.1, 0.15) is 0 Å². The van der Waals surface area contributed by atoms with Crippen LogP contribution in [0.5, 0.6) is 0 Å². The number of carbonyl (C=O) groups is 1. The van der Waals surface area contributed by atoms with Gasteiger partial charge in [0.25, 0.3) is 0 Å². The fourth-order valence-electron chi connectivity index (χ4n) is 3.24. The van der Waals surface area contributed by atoms with Crippen LogP contribution in [0.4, 0.5) is 0 Å². The fraction of sp³-hybridized carbons (Fsp3) is 0.435. The molecule has 0 saturated carbocycles. The molecule has 0 aliphatic rings. The highest BCUT2D eigenvalue weighted by Gasteiger charge is 2.27. The van der Waals surface area contributed by atoms with E-state index in [0.717, 1.165) is 6.54 Å². The summed E-state index contributed by atoms with van der Waals surface area (Å²) in [5, 5.41) is 0. The number of rotatable bonds is 11. The third kappa shape index (κ3) is 6.81. The number of hydrogen-bond acceptors (Lipinski definition) is 4. The van der Waals surface area contributed by atoms with E-state index < -0.39 is 0 Å². The molecule has 0 radical (unpaired) electrons. The van der Waals surface area contributed by atoms with Gasteiger partial charge in [-0.2, -0.15) is 0 Å². The average Bonchev–Trinajstić information content (AvgIpc) is 2.70. The summed E-state index contributed by atoms with van der Waals surface area (Å²) in [5.41, 5.74) is 2.43. The predicted octanol–water partition coefficient (Wildman–Crippen LogP) is 4.61. The minimum atomic E-state index is -0.180. The summed E-state index contributed by atoms with van der Waals surface area (Å²) in [6, 6.07) is 20.8. The van der Waals surface area contributed by atoms with E-state index in [4.69, 9.17) is 9.47 Å². The summed E-state index contributed by atoms with van der Waals surface area (Å²) >= 11 is 0. The Bertz CT molecular complexity index is 660. The second-order valence-electron chi connectivity index (χ2n) is 6.57. The minimum Gasteiger partial charge on any atom is -0.466 e. The Morgan fingerprint density at radius 3 is 2.19 bits per heavy atom. The molecule has 0 spiro atoms. The molecular weight excluding hydrogens is 338 g/mol. The van der Waals surface area contributed by atoms with Crippen LogP contribution >= 0.6 is 0 Å². The Labute approximate surface area is 163 Å². The van der Waals surface area contributed by atoms with Crippen LogP contribution in [-0.4, -0.2) is 36.7 Å². The lowest BCUT2D eigenvalue weighted by Crippen LogP contribution is -2.41. The van der Waals surface area contributed by atoms with E-state index in [1.807, 2.05) is 38.1 Å². The number of ether oxygens (including phenoxy) is 2. The van der Waals surface area contributed by atoms with Crippen molar-refractivity contribution in [2.24, 2.45) is 0 Å². The molecule has 0 bridgehead atoms. The Hall–Kier alpha value is -2.17. The zero-order valence-corrected chi connectivity index (χ0v) is 16.6. The second-order valence-corrected chi connectivity index (χ2v) is 6.57. The maximum absolute atomic E-state index is 12.2. The number of carbonyl (C=O) groups excluding carboxylic acids is 1. The lowest BCUT2D eigenvalue weighted by Gasteiger charge is -2.36. The van der Waals surface area contributed by atoms with E-state index in [9.17, 15) is 4.79 Å². The Balaban J connectivity index is 2.29. The van der Waals surface area contributed by atoms with Crippen molar-refractivity contribution in [1.82, 2.24) is 4.90 Å². The van der Waals surface area contributed by atoms with Crippen molar-refractivity contribution in [2.75, 3.05) is 19.8 Å². The molecule has 2 atom stereocenters. The van der Waals surface area contributed by atoms with Gasteiger partial charge in [0.15, 0.2) is 0 Å². The third-order valence-corrected chi connectivity index (χ3v) is 4.68. The van der Waals surface area contributed by atoms with E-state index in [1.165, 1.54) is 11.1 Å². The summed E-state index contributed by atoms with van der Waals surface area (Å²) in [6.45, 7) is 8.26. The number of esters is 1. The first-order chi connectivity index (χ1) is 13.2. The highest BCUT2D eigenvalue weighted by molar-refractivity contribution is 5.70. The van der Waals surface area contributed by atoms with Crippen molar-refractivity contribution in [3.05, 3.63) is 71.8 Å². The molecule has 0 aromatic heterocycles. The molecule has 4 nitrogen and oxygen atoms in total. The van der Waals surface area contributed by atoms with Crippen LogP contribution in [0.15, 0.2) is 60.7 Å². The van der Waals surface area contributed by atoms with Gasteiger partial charge in [0.05, 0.1) is 19.6 Å². The van der Waals surface area contributed by atoms with Crippen molar-refractivity contribution in [2.45, 2.75) is 45.8 Å². The molecule has 0 unspecified atom stereocenters. The van der Waals surface area contributed by atoms with Crippen molar-refractivity contribution < 1.29 is 14.3 Å². The Morgan fingerprint density at radius 2 is 1.59 bits per heavy atom. The standard InChI is InChI=1S/C23H31NO3/c1-4-26-18-22(16-23(25)27-5-2)24(17-20-12-8-6-9-13-20)19(3)21-14-10-7-11-15-21/h6-15,19,22H,4-5,16-18H2,1-3H3/t19-,22+/m1/s1. The van der Waals surface area contributed by atoms with Gasteiger partial charge in [0.2, 0.25) is 0 Å². The van der Waals surface area contributed by atoms with Gasteiger partial charge in [-0.1, -0.05) is 60.7 Å². The number of nitrogens with zero attached hydrogens (tertiary/aromatic N) is 1. The maximum Gasteiger partial charge on any atom is 0.307 e. The van der Waals surface area contributed by atoms with Crippen LogP contribution in [0.1, 0.15) is 44.4 Å². The Morgan fingerprint density at radius 1 is 0.963 bits per heavy atom. The van der Waals surface area contributed by atoms with Crippen LogP contribution < -0.4 is 0 Å². The lowest BCUT2D eigenvalue weighted by atomic mass is 10.0. The van der Waals surface area contributed by atoms with Gasteiger partial charge in [-0.3, -0.25) is 9.69 Å². The summed E-state index contributed by atoms with van der Waals surface area (Å²) in [6.07, 6.45) is 0.317. The first kappa shape index (κ1) is 21.1. The molecule has 0 aliphatic carbocycles. The molecule has 2 rings (SSSR count). The van der Waals surface area contributed by atoms with Crippen molar-refractivity contribution in [3.8, 4) is 0 Å². The zero-order chi connectivity index (χ0) is 19.5. The molecule has 0 fully saturated rings. The largest absolute Gasteiger partial charge is 0.466 e. The van der Waals surface area contributed by atoms with Gasteiger partial charge in [-0.25, -0.2) is 0 Å². The van der Waals surface area contributed by atoms with Crippen molar-refractivity contribution >= 4 is 5.97 Å². The van der Waals surface area contributed by atoms with Crippen molar-refractivity contribution in [3.63, 3.8) is 0 Å². The summed E-state index contributed by atoms with van der Waals surface area (Å²) < 4.78 is 10.9. The normalized spacial score (nSPS) is 13.3. The molecule has 2 aromatic carbocycles. The van der Waals surface area contributed by atoms with Gasteiger partial charge in [-0.05, 0) is 31.9 Å². The third-order valence-electron chi connectivity index (χ3n) is 4.68. The van der Waals surface area contributed by atoms with E-state index in [2.05, 4.69) is 48.2 Å². The minimum absolute atomic E-state index is 0.0561. The molecule has 4 heteroatoms. The van der Waals surface area contributed by atoms with Crippen LogP contribution in [0.3, 0.4) is 0 Å². The van der Waals surface area contributed by atoms with E-state index in [-0.39, 0.29) is 18.1 Å². The molecule has 0 saturated heterocycles. The van der Waals surface area contributed by atoms with Crippen LogP contribution in [0, 0.1) is 0 Å². The molecule has 0 N–H and O–H groups in total. The molecular formula is C23H31NO3. The predicted molar refractivity (Wildman–Crippen MR) is 108 cm³/mol. The van der Waals surface area contributed by atoms with E-state index in [1.54, 1.807) is 0 Å². The molecule has 2 aromatic rings. The molecule has 0 aliphatic heterocycles. The second kappa shape index (κ2) is 11.5. The molecule has 0 heterocycles. The van der Waals surface area contributed by atoms with Gasteiger partial charge < -0.3 is 9.47 Å². The summed E-state index contributed by atoms with van der Waals surface area (Å²) in [5.74, 6) is -0.180. The number of benzene rings is 2. The van der Waals surface area contributed by atoms with Gasteiger partial charge >= 0.3 is 5.97 Å². The number of hydrogen-bond donors (Lipinski definition) is 0. The van der Waals surface area contributed by atoms with Crippen LogP contribution in [-0.2, 0) is 20.8 Å². The van der Waals surface area contributed by atoms with Crippen LogP contribution in [0.25, 0.3) is 0 Å².